The number of unbranched alkanes of at least 4 members (excludes halogenated alkanes) is 9. The number of hydrogen-bond acceptors (Lipinski definition) is 0. The lowest BCUT2D eigenvalue weighted by Gasteiger charge is -2.27. The fraction of sp³-hybridized carbons (Fsp3) is 0.850. The van der Waals surface area contributed by atoms with Crippen molar-refractivity contribution < 1.29 is 35.3 Å². The summed E-state index contributed by atoms with van der Waals surface area (Å²) in [6, 6.07) is 0. The first-order valence-corrected chi connectivity index (χ1v) is 10.4. The van der Waals surface area contributed by atoms with Crippen LogP contribution in [0.3, 0.4) is 0 Å². The molecule has 1 heterocycles. The molecule has 170 valence electrons. The summed E-state index contributed by atoms with van der Waals surface area (Å²) in [5.41, 5.74) is 0. The van der Waals surface area contributed by atoms with Crippen molar-refractivity contribution in [2.75, 3.05) is 0 Å². The van der Waals surface area contributed by atoms with E-state index >= 15 is 0 Å². The first kappa shape index (κ1) is 25.8. The molecule has 1 aromatic rings. The van der Waals surface area contributed by atoms with Crippen LogP contribution in [0, 0.1) is 0 Å². The van der Waals surface area contributed by atoms with Gasteiger partial charge in [-0.05, 0) is 12.8 Å². The molecule has 0 radical (unpaired) electrons. The van der Waals surface area contributed by atoms with E-state index in [1.54, 1.807) is 10.8 Å². The lowest BCUT2D eigenvalue weighted by atomic mass is 10.1. The van der Waals surface area contributed by atoms with Crippen LogP contribution >= 0.6 is 0 Å². The van der Waals surface area contributed by atoms with Crippen molar-refractivity contribution in [3.63, 3.8) is 0 Å². The van der Waals surface area contributed by atoms with Crippen LogP contribution in [0.1, 0.15) is 77.6 Å². The molecule has 0 unspecified atom stereocenters. The molecular weight excluding hydrogens is 401 g/mol. The Bertz CT molecular complexity index is 567. The molecule has 0 amide bonds. The van der Waals surface area contributed by atoms with Crippen LogP contribution in [0.4, 0.5) is 30.7 Å². The molecule has 1 aromatic heterocycles. The minimum absolute atomic E-state index is 0.621. The predicted molar refractivity (Wildman–Crippen MR) is 97.0 cm³/mol. The van der Waals surface area contributed by atoms with E-state index in [0.717, 1.165) is 19.3 Å². The third-order valence-electron chi connectivity index (χ3n) is 5.02. The maximum atomic E-state index is 13.3. The molecule has 9 heteroatoms. The Balaban J connectivity index is 2.25. The summed E-state index contributed by atoms with van der Waals surface area (Å²) >= 11 is 0. The van der Waals surface area contributed by atoms with Crippen molar-refractivity contribution in [2.45, 2.75) is 109 Å². The van der Waals surface area contributed by atoms with Gasteiger partial charge in [0.25, 0.3) is 0 Å². The van der Waals surface area contributed by atoms with Crippen LogP contribution in [0.2, 0.25) is 0 Å². The number of halogens is 7. The van der Waals surface area contributed by atoms with E-state index in [9.17, 15) is 30.7 Å². The van der Waals surface area contributed by atoms with Crippen molar-refractivity contribution in [1.82, 2.24) is 4.57 Å². The Morgan fingerprint density at radius 2 is 1.28 bits per heavy atom. The summed E-state index contributed by atoms with van der Waals surface area (Å²) in [7, 11) is 0. The molecule has 0 bridgehead atoms. The zero-order valence-electron chi connectivity index (χ0n) is 17.0. The molecule has 0 saturated carbocycles. The van der Waals surface area contributed by atoms with Gasteiger partial charge in [0.1, 0.15) is 12.4 Å². The summed E-state index contributed by atoms with van der Waals surface area (Å²) < 4.78 is 91.8. The highest BCUT2D eigenvalue weighted by atomic mass is 19.4. The smallest absolute Gasteiger partial charge is 0.237 e. The fourth-order valence-electron chi connectivity index (χ4n) is 3.12. The normalized spacial score (nSPS) is 13.2. The van der Waals surface area contributed by atoms with Crippen LogP contribution in [0.15, 0.2) is 18.7 Å². The molecule has 0 aliphatic carbocycles. The van der Waals surface area contributed by atoms with E-state index in [2.05, 4.69) is 6.92 Å². The average molecular weight is 433 g/mol. The number of aryl methyl sites for hydroxylation is 2. The van der Waals surface area contributed by atoms with E-state index in [0.29, 0.717) is 6.54 Å². The molecule has 0 atom stereocenters. The van der Waals surface area contributed by atoms with Gasteiger partial charge in [-0.25, -0.2) is 9.13 Å². The third-order valence-corrected chi connectivity index (χ3v) is 5.02. The minimum atomic E-state index is -6.28. The molecule has 2 nitrogen and oxygen atoms in total. The van der Waals surface area contributed by atoms with Gasteiger partial charge in [0.05, 0.1) is 19.5 Å². The van der Waals surface area contributed by atoms with E-state index < -0.39 is 31.0 Å². The molecule has 0 aliphatic rings. The number of hydrogen-bond donors (Lipinski definition) is 0. The van der Waals surface area contributed by atoms with Crippen LogP contribution in [0.25, 0.3) is 0 Å². The van der Waals surface area contributed by atoms with Gasteiger partial charge in [-0.1, -0.05) is 58.3 Å². The van der Waals surface area contributed by atoms with Crippen LogP contribution in [0.5, 0.6) is 0 Å². The van der Waals surface area contributed by atoms with Crippen LogP contribution in [-0.2, 0) is 13.1 Å². The standard InChI is InChI=1S/C20H32F7N2/c1-2-3-4-5-6-7-8-9-10-11-13-28-15-16-29(17-28)14-12-18(21,22)19(23,24)20(25,26)27/h15-17H,2-14H2,1H3/q+1. The van der Waals surface area contributed by atoms with Crippen molar-refractivity contribution in [2.24, 2.45) is 0 Å². The van der Waals surface area contributed by atoms with Gasteiger partial charge in [0.2, 0.25) is 6.33 Å². The molecule has 0 fully saturated rings. The average Bonchev–Trinajstić information content (AvgIpc) is 3.08. The second-order valence-electron chi connectivity index (χ2n) is 7.60. The Morgan fingerprint density at radius 1 is 0.759 bits per heavy atom. The van der Waals surface area contributed by atoms with Crippen LogP contribution < -0.4 is 4.57 Å². The lowest BCUT2D eigenvalue weighted by Crippen LogP contribution is -2.52. The molecule has 0 N–H and O–H groups in total. The second-order valence-corrected chi connectivity index (χ2v) is 7.60. The topological polar surface area (TPSA) is 8.81 Å². The largest absolute Gasteiger partial charge is 0.459 e. The third kappa shape index (κ3) is 8.54. The van der Waals surface area contributed by atoms with Gasteiger partial charge < -0.3 is 0 Å². The highest BCUT2D eigenvalue weighted by Crippen LogP contribution is 2.48. The highest BCUT2D eigenvalue weighted by Gasteiger charge is 2.72. The predicted octanol–water partition coefficient (Wildman–Crippen LogP) is 6.92. The SMILES string of the molecule is CCCCCCCCCCCC[n+]1ccn(CCC(F)(F)C(F)(F)C(F)(F)F)c1. The summed E-state index contributed by atoms with van der Waals surface area (Å²) in [5.74, 6) is -11.2. The van der Waals surface area contributed by atoms with E-state index in [1.165, 1.54) is 62.0 Å². The van der Waals surface area contributed by atoms with Crippen molar-refractivity contribution in [3.8, 4) is 0 Å². The first-order valence-electron chi connectivity index (χ1n) is 10.4. The summed E-state index contributed by atoms with van der Waals surface area (Å²) in [6.07, 6.45) is 8.41. The van der Waals surface area contributed by atoms with E-state index in [4.69, 9.17) is 0 Å². The Kier molecular flexibility index (Phi) is 10.5. The first-order chi connectivity index (χ1) is 13.5. The lowest BCUT2D eigenvalue weighted by molar-refractivity contribution is -0.696. The van der Waals surface area contributed by atoms with Gasteiger partial charge in [0.15, 0.2) is 0 Å². The highest BCUT2D eigenvalue weighted by molar-refractivity contribution is 4.91. The molecule has 1 rings (SSSR count). The number of aromatic nitrogens is 2. The quantitative estimate of drug-likeness (QED) is 0.161. The summed E-state index contributed by atoms with van der Waals surface area (Å²) in [5, 5.41) is 0. The summed E-state index contributed by atoms with van der Waals surface area (Å²) in [6.45, 7) is 2.22. The Morgan fingerprint density at radius 3 is 1.79 bits per heavy atom. The maximum absolute atomic E-state index is 13.3. The van der Waals surface area contributed by atoms with Gasteiger partial charge in [-0.3, -0.25) is 0 Å². The molecule has 0 saturated heterocycles. The van der Waals surface area contributed by atoms with Gasteiger partial charge in [-0.2, -0.15) is 30.7 Å². The molecular formula is C20H32F7N2+. The monoisotopic (exact) mass is 433 g/mol. The number of nitrogens with zero attached hydrogens (tertiary/aromatic N) is 2. The molecule has 29 heavy (non-hydrogen) atoms. The van der Waals surface area contributed by atoms with Crippen molar-refractivity contribution >= 4 is 0 Å². The zero-order chi connectivity index (χ0) is 22.0. The maximum Gasteiger partial charge on any atom is 0.459 e. The number of rotatable bonds is 15. The van der Waals surface area contributed by atoms with Gasteiger partial charge >= 0.3 is 18.0 Å². The Hall–Kier alpha value is -1.28. The van der Waals surface area contributed by atoms with Crippen molar-refractivity contribution in [3.05, 3.63) is 18.7 Å². The number of imidazole rings is 1. The van der Waals surface area contributed by atoms with Gasteiger partial charge in [-0.15, -0.1) is 0 Å². The molecule has 0 aromatic carbocycles. The summed E-state index contributed by atoms with van der Waals surface area (Å²) in [4.78, 5) is 0. The van der Waals surface area contributed by atoms with Gasteiger partial charge in [0, 0.05) is 0 Å². The number of alkyl halides is 7. The van der Waals surface area contributed by atoms with E-state index in [-0.39, 0.29) is 0 Å². The second kappa shape index (κ2) is 11.8. The zero-order valence-corrected chi connectivity index (χ0v) is 17.0. The van der Waals surface area contributed by atoms with E-state index in [1.807, 2.05) is 0 Å². The molecule has 0 spiro atoms. The molecule has 0 aliphatic heterocycles. The van der Waals surface area contributed by atoms with Crippen LogP contribution in [-0.4, -0.2) is 22.6 Å². The van der Waals surface area contributed by atoms with Crippen molar-refractivity contribution in [1.29, 1.82) is 0 Å². The minimum Gasteiger partial charge on any atom is -0.237 e. The Labute approximate surface area is 168 Å². The fourth-order valence-corrected chi connectivity index (χ4v) is 3.12.